The Balaban J connectivity index is 1.77. The van der Waals surface area contributed by atoms with E-state index in [4.69, 9.17) is 4.42 Å². The van der Waals surface area contributed by atoms with Crippen molar-refractivity contribution in [2.24, 2.45) is 0 Å². The SMILES string of the molecule is O=C(I)c1nc(NCCc2ccc(C(=O)I)c(C(=O)I)c2)cc(-c2ccco2)n1. The number of furan rings is 1. The molecule has 0 saturated carbocycles. The van der Waals surface area contributed by atoms with Crippen LogP contribution in [-0.4, -0.2) is 27.9 Å². The lowest BCUT2D eigenvalue weighted by Crippen LogP contribution is -2.10. The molecule has 10 heteroatoms. The maximum absolute atomic E-state index is 11.8. The van der Waals surface area contributed by atoms with Crippen LogP contribution < -0.4 is 5.32 Å². The summed E-state index contributed by atoms with van der Waals surface area (Å²) in [6.07, 6.45) is 2.13. The molecule has 1 N–H and O–H groups in total. The zero-order chi connectivity index (χ0) is 21.0. The lowest BCUT2D eigenvalue weighted by Gasteiger charge is -2.09. The van der Waals surface area contributed by atoms with Crippen molar-refractivity contribution >= 4 is 85.0 Å². The Labute approximate surface area is 206 Å². The van der Waals surface area contributed by atoms with Gasteiger partial charge in [-0.1, -0.05) is 6.07 Å². The zero-order valence-electron chi connectivity index (χ0n) is 14.6. The molecule has 2 heterocycles. The summed E-state index contributed by atoms with van der Waals surface area (Å²) in [5.74, 6) is 1.12. The van der Waals surface area contributed by atoms with Crippen molar-refractivity contribution in [2.45, 2.75) is 6.42 Å². The van der Waals surface area contributed by atoms with Gasteiger partial charge in [0, 0.05) is 91.5 Å². The van der Waals surface area contributed by atoms with Crippen LogP contribution in [0.5, 0.6) is 0 Å². The van der Waals surface area contributed by atoms with Crippen LogP contribution in [0.1, 0.15) is 36.9 Å². The number of aromatic nitrogens is 2. The number of nitrogens with zero attached hydrogens (tertiary/aromatic N) is 2. The predicted octanol–water partition coefficient (Wildman–Crippen LogP) is 5.12. The minimum Gasteiger partial charge on any atom is -0.463 e. The van der Waals surface area contributed by atoms with E-state index in [9.17, 15) is 14.4 Å². The van der Waals surface area contributed by atoms with Gasteiger partial charge in [-0.25, -0.2) is 9.97 Å². The first kappa shape index (κ1) is 22.3. The van der Waals surface area contributed by atoms with Gasteiger partial charge in [-0.2, -0.15) is 0 Å². The summed E-state index contributed by atoms with van der Waals surface area (Å²) in [5.41, 5.74) is 2.23. The number of hydrogen-bond acceptors (Lipinski definition) is 7. The molecule has 3 rings (SSSR count). The van der Waals surface area contributed by atoms with Gasteiger partial charge in [0.15, 0.2) is 5.76 Å². The van der Waals surface area contributed by atoms with Crippen molar-refractivity contribution < 1.29 is 18.8 Å². The molecular weight excluding hydrogens is 715 g/mol. The molecule has 7 nitrogen and oxygen atoms in total. The third-order valence-electron chi connectivity index (χ3n) is 3.90. The molecule has 0 aliphatic heterocycles. The fourth-order valence-corrected chi connectivity index (χ4v) is 3.75. The van der Waals surface area contributed by atoms with Crippen LogP contribution in [0.3, 0.4) is 0 Å². The molecule has 0 atom stereocenters. The number of carbonyl (C=O) groups is 3. The van der Waals surface area contributed by atoms with Crippen LogP contribution >= 0.6 is 67.8 Å². The van der Waals surface area contributed by atoms with Crippen molar-refractivity contribution in [1.82, 2.24) is 9.97 Å². The summed E-state index contributed by atoms with van der Waals surface area (Å²) < 4.78 is 4.73. The first-order chi connectivity index (χ1) is 13.8. The van der Waals surface area contributed by atoms with Gasteiger partial charge >= 0.3 is 0 Å². The minimum atomic E-state index is -0.275. The highest BCUT2D eigenvalue weighted by Gasteiger charge is 2.15. The normalized spacial score (nSPS) is 10.6. The van der Waals surface area contributed by atoms with Gasteiger partial charge in [0.2, 0.25) is 13.4 Å². The Bertz CT molecular complexity index is 1080. The standard InChI is InChI=1S/C19H12I3N3O4/c20-16(26)11-4-3-10(8-12(11)17(21)27)5-6-23-15-9-13(14-2-1-7-29-14)24-19(25-15)18(22)28/h1-4,7-9H,5-6H2,(H,23,24,25). The molecule has 3 aromatic rings. The number of anilines is 1. The number of halogens is 3. The minimum absolute atomic E-state index is 0.0877. The monoisotopic (exact) mass is 727 g/mol. The molecule has 29 heavy (non-hydrogen) atoms. The second-order valence-corrected chi connectivity index (χ2v) is 8.76. The first-order valence-corrected chi connectivity index (χ1v) is 11.5. The molecule has 2 aromatic heterocycles. The van der Waals surface area contributed by atoms with Crippen LogP contribution in [0.15, 0.2) is 47.1 Å². The van der Waals surface area contributed by atoms with Gasteiger partial charge in [-0.15, -0.1) is 0 Å². The Morgan fingerprint density at radius 2 is 1.69 bits per heavy atom. The number of benzene rings is 1. The summed E-state index contributed by atoms with van der Waals surface area (Å²) in [6.45, 7) is 0.510. The second kappa shape index (κ2) is 10.1. The van der Waals surface area contributed by atoms with E-state index in [1.165, 1.54) is 6.26 Å². The van der Waals surface area contributed by atoms with Crippen molar-refractivity contribution in [3.63, 3.8) is 0 Å². The Kier molecular flexibility index (Phi) is 7.72. The first-order valence-electron chi connectivity index (χ1n) is 8.24. The van der Waals surface area contributed by atoms with Gasteiger partial charge in [-0.05, 0) is 36.2 Å². The summed E-state index contributed by atoms with van der Waals surface area (Å²) in [4.78, 5) is 43.7. The highest BCUT2D eigenvalue weighted by molar-refractivity contribution is 14.1. The van der Waals surface area contributed by atoms with E-state index >= 15 is 0 Å². The number of hydrogen-bond donors (Lipinski definition) is 1. The molecule has 0 aliphatic rings. The number of carbonyl (C=O) groups excluding carboxylic acids is 3. The molecule has 0 amide bonds. The highest BCUT2D eigenvalue weighted by Crippen LogP contribution is 2.22. The summed E-state index contributed by atoms with van der Waals surface area (Å²) in [5, 5.41) is 3.17. The molecule has 0 unspecified atom stereocenters. The fourth-order valence-electron chi connectivity index (χ4n) is 2.59. The molecule has 0 spiro atoms. The van der Waals surface area contributed by atoms with Crippen molar-refractivity contribution in [3.8, 4) is 11.5 Å². The number of nitrogens with one attached hydrogen (secondary N) is 1. The van der Waals surface area contributed by atoms with Crippen LogP contribution in [0, 0.1) is 0 Å². The molecule has 1 aromatic carbocycles. The average Bonchev–Trinajstić information content (AvgIpc) is 3.22. The van der Waals surface area contributed by atoms with Gasteiger partial charge in [-0.3, -0.25) is 14.4 Å². The molecule has 0 saturated heterocycles. The van der Waals surface area contributed by atoms with Gasteiger partial charge in [0.1, 0.15) is 11.5 Å². The van der Waals surface area contributed by atoms with E-state index in [0.717, 1.165) is 5.56 Å². The molecular formula is C19H12I3N3O4. The van der Waals surface area contributed by atoms with Crippen molar-refractivity contribution in [2.75, 3.05) is 11.9 Å². The fraction of sp³-hybridized carbons (Fsp3) is 0.105. The third-order valence-corrected chi connectivity index (χ3v) is 5.55. The quantitative estimate of drug-likeness (QED) is 0.254. The van der Waals surface area contributed by atoms with Crippen molar-refractivity contribution in [3.05, 3.63) is 65.2 Å². The van der Waals surface area contributed by atoms with E-state index in [1.54, 1.807) is 98.1 Å². The average molecular weight is 727 g/mol. The van der Waals surface area contributed by atoms with E-state index in [2.05, 4.69) is 15.3 Å². The maximum atomic E-state index is 11.8. The lowest BCUT2D eigenvalue weighted by atomic mass is 10.0. The Hall–Kier alpha value is -1.42. The van der Waals surface area contributed by atoms with Gasteiger partial charge in [0.25, 0.3) is 3.79 Å². The maximum Gasteiger partial charge on any atom is 0.259 e. The largest absolute Gasteiger partial charge is 0.463 e. The highest BCUT2D eigenvalue weighted by atomic mass is 127. The topological polar surface area (TPSA) is 102 Å². The third kappa shape index (κ3) is 5.81. The molecule has 0 fully saturated rings. The lowest BCUT2D eigenvalue weighted by molar-refractivity contribution is 0.107. The van der Waals surface area contributed by atoms with Gasteiger partial charge in [0.05, 0.1) is 6.26 Å². The summed E-state index contributed by atoms with van der Waals surface area (Å²) >= 11 is 5.00. The second-order valence-electron chi connectivity index (χ2n) is 5.82. The summed E-state index contributed by atoms with van der Waals surface area (Å²) in [6, 6.07) is 10.4. The molecule has 0 aliphatic carbocycles. The Morgan fingerprint density at radius 3 is 2.31 bits per heavy atom. The zero-order valence-corrected chi connectivity index (χ0v) is 21.1. The molecule has 148 valence electrons. The smallest absolute Gasteiger partial charge is 0.259 e. The Morgan fingerprint density at radius 1 is 0.931 bits per heavy atom. The van der Waals surface area contributed by atoms with E-state index < -0.39 is 0 Å². The summed E-state index contributed by atoms with van der Waals surface area (Å²) in [7, 11) is 0. The van der Waals surface area contributed by atoms with Crippen LogP contribution in [0.4, 0.5) is 5.82 Å². The van der Waals surface area contributed by atoms with E-state index in [0.29, 0.717) is 41.4 Å². The van der Waals surface area contributed by atoms with E-state index in [1.807, 2.05) is 6.07 Å². The number of rotatable bonds is 8. The van der Waals surface area contributed by atoms with Crippen LogP contribution in [0.25, 0.3) is 11.5 Å². The predicted molar refractivity (Wildman–Crippen MR) is 133 cm³/mol. The van der Waals surface area contributed by atoms with E-state index in [-0.39, 0.29) is 17.2 Å². The molecule has 0 bridgehead atoms. The van der Waals surface area contributed by atoms with Gasteiger partial charge < -0.3 is 9.73 Å². The molecule has 0 radical (unpaired) electrons. The van der Waals surface area contributed by atoms with Crippen molar-refractivity contribution in [1.29, 1.82) is 0 Å². The van der Waals surface area contributed by atoms with Crippen LogP contribution in [-0.2, 0) is 6.42 Å². The van der Waals surface area contributed by atoms with Crippen LogP contribution in [0.2, 0.25) is 0 Å².